The number of nitrogens with one attached hydrogen (secondary N) is 1. The third-order valence-corrected chi connectivity index (χ3v) is 6.23. The topological polar surface area (TPSA) is 94.1 Å². The molecule has 0 amide bonds. The summed E-state index contributed by atoms with van der Waals surface area (Å²) in [7, 11) is -2.26. The minimum absolute atomic E-state index is 0.147. The standard InChI is InChI=1S/C25H26N2O5S/c1-16-12-17(2)25(18(3)13-16)27-33(29,30)22-9-7-21(8-10-22)26-15-20-6-11-23(32-19(4)28)24(14-20)31-5/h6-15,27H,1-5H3. The summed E-state index contributed by atoms with van der Waals surface area (Å²) in [6.07, 6.45) is 1.61. The number of ether oxygens (including phenoxy) is 2. The van der Waals surface area contributed by atoms with Gasteiger partial charge in [0.05, 0.1) is 23.4 Å². The van der Waals surface area contributed by atoms with Gasteiger partial charge in [0.1, 0.15) is 0 Å². The van der Waals surface area contributed by atoms with Gasteiger partial charge in [0, 0.05) is 13.1 Å². The first kappa shape index (κ1) is 24.0. The molecule has 33 heavy (non-hydrogen) atoms. The second-order valence-electron chi connectivity index (χ2n) is 7.64. The van der Waals surface area contributed by atoms with E-state index >= 15 is 0 Å². The van der Waals surface area contributed by atoms with Crippen LogP contribution in [0.4, 0.5) is 11.4 Å². The molecule has 172 valence electrons. The molecule has 0 saturated heterocycles. The number of carbonyl (C=O) groups is 1. The van der Waals surface area contributed by atoms with Gasteiger partial charge < -0.3 is 9.47 Å². The maximum atomic E-state index is 12.9. The van der Waals surface area contributed by atoms with E-state index in [1.807, 2.05) is 32.9 Å². The van der Waals surface area contributed by atoms with E-state index in [0.717, 1.165) is 22.3 Å². The van der Waals surface area contributed by atoms with Crippen molar-refractivity contribution in [3.8, 4) is 11.5 Å². The fourth-order valence-electron chi connectivity index (χ4n) is 3.40. The lowest BCUT2D eigenvalue weighted by Gasteiger charge is -2.14. The highest BCUT2D eigenvalue weighted by molar-refractivity contribution is 7.92. The van der Waals surface area contributed by atoms with Gasteiger partial charge in [0.15, 0.2) is 11.5 Å². The van der Waals surface area contributed by atoms with Gasteiger partial charge >= 0.3 is 5.97 Å². The third kappa shape index (κ3) is 5.98. The second kappa shape index (κ2) is 9.87. The van der Waals surface area contributed by atoms with E-state index < -0.39 is 16.0 Å². The fraction of sp³-hybridized carbons (Fsp3) is 0.200. The summed E-state index contributed by atoms with van der Waals surface area (Å²) >= 11 is 0. The van der Waals surface area contributed by atoms with Gasteiger partial charge in [-0.2, -0.15) is 0 Å². The van der Waals surface area contributed by atoms with E-state index in [9.17, 15) is 13.2 Å². The van der Waals surface area contributed by atoms with Crippen LogP contribution in [-0.4, -0.2) is 27.7 Å². The van der Waals surface area contributed by atoms with Crippen LogP contribution in [0.2, 0.25) is 0 Å². The lowest BCUT2D eigenvalue weighted by Crippen LogP contribution is -2.14. The maximum Gasteiger partial charge on any atom is 0.308 e. The van der Waals surface area contributed by atoms with Crippen molar-refractivity contribution in [2.75, 3.05) is 11.8 Å². The number of rotatable bonds is 7. The van der Waals surface area contributed by atoms with Crippen LogP contribution in [0.25, 0.3) is 0 Å². The third-order valence-electron chi connectivity index (χ3n) is 4.86. The van der Waals surface area contributed by atoms with Gasteiger partial charge in [0.25, 0.3) is 10.0 Å². The quantitative estimate of drug-likeness (QED) is 0.297. The Kier molecular flexibility index (Phi) is 7.18. The maximum absolute atomic E-state index is 12.9. The number of methoxy groups -OCH3 is 1. The first-order chi connectivity index (χ1) is 15.6. The zero-order valence-electron chi connectivity index (χ0n) is 19.2. The van der Waals surface area contributed by atoms with Crippen LogP contribution in [0.5, 0.6) is 11.5 Å². The SMILES string of the molecule is COc1cc(C=Nc2ccc(S(=O)(=O)Nc3c(C)cc(C)cc3C)cc2)ccc1OC(C)=O. The summed E-state index contributed by atoms with van der Waals surface area (Å²) in [4.78, 5) is 15.7. The summed E-state index contributed by atoms with van der Waals surface area (Å²) in [5.74, 6) is 0.290. The number of hydrogen-bond acceptors (Lipinski definition) is 6. The summed E-state index contributed by atoms with van der Waals surface area (Å²) in [6, 6.07) is 15.2. The molecule has 0 aliphatic heterocycles. The van der Waals surface area contributed by atoms with Gasteiger partial charge in [-0.15, -0.1) is 0 Å². The number of aryl methyl sites for hydroxylation is 3. The molecule has 0 aromatic heterocycles. The predicted molar refractivity (Wildman–Crippen MR) is 129 cm³/mol. The molecule has 3 aromatic rings. The smallest absolute Gasteiger partial charge is 0.308 e. The van der Waals surface area contributed by atoms with Crippen LogP contribution in [-0.2, 0) is 14.8 Å². The zero-order chi connectivity index (χ0) is 24.2. The van der Waals surface area contributed by atoms with Crippen molar-refractivity contribution in [3.63, 3.8) is 0 Å². The molecule has 0 fully saturated rings. The lowest BCUT2D eigenvalue weighted by molar-refractivity contribution is -0.132. The van der Waals surface area contributed by atoms with Crippen LogP contribution in [0.1, 0.15) is 29.2 Å². The number of benzene rings is 3. The van der Waals surface area contributed by atoms with Crippen LogP contribution in [0.3, 0.4) is 0 Å². The Labute approximate surface area is 194 Å². The highest BCUT2D eigenvalue weighted by Gasteiger charge is 2.17. The number of aliphatic imine (C=N–C) groups is 1. The lowest BCUT2D eigenvalue weighted by atomic mass is 10.1. The van der Waals surface area contributed by atoms with Crippen LogP contribution < -0.4 is 14.2 Å². The first-order valence-electron chi connectivity index (χ1n) is 10.2. The van der Waals surface area contributed by atoms with Crippen molar-refractivity contribution < 1.29 is 22.7 Å². The molecule has 1 N–H and O–H groups in total. The van der Waals surface area contributed by atoms with Crippen LogP contribution in [0, 0.1) is 20.8 Å². The van der Waals surface area contributed by atoms with Crippen LogP contribution >= 0.6 is 0 Å². The number of nitrogens with zero attached hydrogens (tertiary/aromatic N) is 1. The molecule has 3 aromatic carbocycles. The van der Waals surface area contributed by atoms with Crippen molar-refractivity contribution in [3.05, 3.63) is 76.9 Å². The Morgan fingerprint density at radius 2 is 1.58 bits per heavy atom. The Balaban J connectivity index is 1.77. The number of carbonyl (C=O) groups excluding carboxylic acids is 1. The molecule has 0 unspecified atom stereocenters. The molecular formula is C25H26N2O5S. The Bertz CT molecular complexity index is 1290. The van der Waals surface area contributed by atoms with Gasteiger partial charge in [-0.25, -0.2) is 8.42 Å². The average Bonchev–Trinajstić information content (AvgIpc) is 2.75. The molecule has 0 spiro atoms. The minimum Gasteiger partial charge on any atom is -0.493 e. The monoisotopic (exact) mass is 466 g/mol. The van der Waals surface area contributed by atoms with Gasteiger partial charge in [-0.3, -0.25) is 14.5 Å². The van der Waals surface area contributed by atoms with E-state index in [1.54, 1.807) is 36.5 Å². The molecule has 0 saturated carbocycles. The largest absolute Gasteiger partial charge is 0.493 e. The van der Waals surface area contributed by atoms with Gasteiger partial charge in [-0.1, -0.05) is 17.7 Å². The van der Waals surface area contributed by atoms with E-state index in [4.69, 9.17) is 9.47 Å². The molecule has 0 radical (unpaired) electrons. The molecule has 7 nitrogen and oxygen atoms in total. The highest BCUT2D eigenvalue weighted by Crippen LogP contribution is 2.28. The Morgan fingerprint density at radius 3 is 2.15 bits per heavy atom. The fourth-order valence-corrected chi connectivity index (χ4v) is 4.60. The minimum atomic E-state index is -3.74. The molecule has 8 heteroatoms. The molecular weight excluding hydrogens is 440 g/mol. The Morgan fingerprint density at radius 1 is 0.939 bits per heavy atom. The van der Waals surface area contributed by atoms with E-state index in [-0.39, 0.29) is 4.90 Å². The molecule has 0 bridgehead atoms. The van der Waals surface area contributed by atoms with Crippen molar-refractivity contribution in [2.45, 2.75) is 32.6 Å². The van der Waals surface area contributed by atoms with Gasteiger partial charge in [0.2, 0.25) is 0 Å². The van der Waals surface area contributed by atoms with Crippen molar-refractivity contribution in [1.82, 2.24) is 0 Å². The van der Waals surface area contributed by atoms with E-state index in [1.165, 1.54) is 26.2 Å². The van der Waals surface area contributed by atoms with Crippen molar-refractivity contribution in [2.24, 2.45) is 4.99 Å². The van der Waals surface area contributed by atoms with Crippen molar-refractivity contribution in [1.29, 1.82) is 0 Å². The van der Waals surface area contributed by atoms with Crippen LogP contribution in [0.15, 0.2) is 64.5 Å². The Hall–Kier alpha value is -3.65. The average molecular weight is 467 g/mol. The zero-order valence-corrected chi connectivity index (χ0v) is 20.0. The van der Waals surface area contributed by atoms with E-state index in [0.29, 0.717) is 22.9 Å². The normalized spacial score (nSPS) is 11.4. The van der Waals surface area contributed by atoms with Gasteiger partial charge in [-0.05, 0) is 79.9 Å². The summed E-state index contributed by atoms with van der Waals surface area (Å²) in [5, 5.41) is 0. The second-order valence-corrected chi connectivity index (χ2v) is 9.32. The molecule has 0 heterocycles. The van der Waals surface area contributed by atoms with E-state index in [2.05, 4.69) is 9.71 Å². The van der Waals surface area contributed by atoms with Crippen molar-refractivity contribution >= 4 is 33.6 Å². The molecule has 3 rings (SSSR count). The summed E-state index contributed by atoms with van der Waals surface area (Å²) in [6.45, 7) is 7.05. The first-order valence-corrected chi connectivity index (χ1v) is 11.7. The highest BCUT2D eigenvalue weighted by atomic mass is 32.2. The summed E-state index contributed by atoms with van der Waals surface area (Å²) in [5.41, 5.74) is 4.72. The molecule has 0 aliphatic carbocycles. The predicted octanol–water partition coefficient (Wildman–Crippen LogP) is 5.10. The number of sulfonamides is 1. The molecule has 0 aliphatic rings. The number of anilines is 1. The molecule has 0 atom stereocenters. The summed E-state index contributed by atoms with van der Waals surface area (Å²) < 4.78 is 38.8. The number of esters is 1. The number of hydrogen-bond donors (Lipinski definition) is 1.